The lowest BCUT2D eigenvalue weighted by atomic mass is 9.61. The minimum atomic E-state index is -4.04. The summed E-state index contributed by atoms with van der Waals surface area (Å²) in [6, 6.07) is 0. The number of hydrogen-bond acceptors (Lipinski definition) is 2. The standard InChI is InChI=1S/C28H42F3NO/c1-19(18-32-16-13-23(14-17-32)28(29,30)31)24-11-12-25-22(7-5-15-27(24,25)3)10-9-21-6-4-8-26(33)20(21)2/h9-10,19,23-26,33H,2,4-8,11-18H2,1,3H3/b21-9-,22-10+/t19-,24?,25?,26?,27?/m0/s1. The Bertz CT molecular complexity index is 777. The lowest BCUT2D eigenvalue weighted by Gasteiger charge is -2.45. The predicted molar refractivity (Wildman–Crippen MR) is 128 cm³/mol. The van der Waals surface area contributed by atoms with E-state index in [9.17, 15) is 18.3 Å². The van der Waals surface area contributed by atoms with E-state index in [0.717, 1.165) is 37.8 Å². The number of hydrogen-bond donors (Lipinski definition) is 1. The minimum absolute atomic E-state index is 0.252. The molecule has 2 nitrogen and oxygen atoms in total. The van der Waals surface area contributed by atoms with Crippen molar-refractivity contribution in [3.05, 3.63) is 35.5 Å². The Morgan fingerprint density at radius 3 is 2.52 bits per heavy atom. The normalized spacial score (nSPS) is 38.1. The second-order valence-corrected chi connectivity index (χ2v) is 11.6. The van der Waals surface area contributed by atoms with Crippen molar-refractivity contribution in [2.75, 3.05) is 19.6 Å². The first kappa shape index (κ1) is 25.0. The highest BCUT2D eigenvalue weighted by atomic mass is 19.4. The summed E-state index contributed by atoms with van der Waals surface area (Å²) in [5.74, 6) is 0.631. The molecular formula is C28H42F3NO. The fourth-order valence-electron chi connectivity index (χ4n) is 7.62. The van der Waals surface area contributed by atoms with E-state index >= 15 is 0 Å². The third-order valence-corrected chi connectivity index (χ3v) is 9.56. The smallest absolute Gasteiger partial charge is 0.388 e. The van der Waals surface area contributed by atoms with Gasteiger partial charge in [-0.05, 0) is 112 Å². The van der Waals surface area contributed by atoms with Gasteiger partial charge in [0, 0.05) is 6.54 Å². The van der Waals surface area contributed by atoms with Crippen LogP contribution in [0, 0.1) is 29.1 Å². The van der Waals surface area contributed by atoms with E-state index in [2.05, 4.69) is 37.5 Å². The van der Waals surface area contributed by atoms with Crippen molar-refractivity contribution in [1.82, 2.24) is 4.90 Å². The van der Waals surface area contributed by atoms with Gasteiger partial charge in [-0.25, -0.2) is 0 Å². The fraction of sp³-hybridized carbons (Fsp3) is 0.786. The maximum atomic E-state index is 13.0. The van der Waals surface area contributed by atoms with Gasteiger partial charge in [0.2, 0.25) is 0 Å². The van der Waals surface area contributed by atoms with Gasteiger partial charge in [-0.2, -0.15) is 13.2 Å². The van der Waals surface area contributed by atoms with Crippen molar-refractivity contribution >= 4 is 0 Å². The summed E-state index contributed by atoms with van der Waals surface area (Å²) >= 11 is 0. The van der Waals surface area contributed by atoms with E-state index in [1.54, 1.807) is 5.57 Å². The number of likely N-dealkylation sites (tertiary alicyclic amines) is 1. The number of alkyl halides is 3. The van der Waals surface area contributed by atoms with E-state index in [4.69, 9.17) is 0 Å². The van der Waals surface area contributed by atoms with E-state index in [-0.39, 0.29) is 18.3 Å². The number of halogens is 3. The predicted octanol–water partition coefficient (Wildman–Crippen LogP) is 7.07. The van der Waals surface area contributed by atoms with Crippen LogP contribution >= 0.6 is 0 Å². The van der Waals surface area contributed by atoms with Gasteiger partial charge in [0.1, 0.15) is 0 Å². The molecule has 4 fully saturated rings. The van der Waals surface area contributed by atoms with Crippen LogP contribution in [0.15, 0.2) is 35.5 Å². The van der Waals surface area contributed by atoms with Crippen molar-refractivity contribution in [3.8, 4) is 0 Å². The van der Waals surface area contributed by atoms with Crippen LogP contribution in [-0.4, -0.2) is 41.9 Å². The largest absolute Gasteiger partial charge is 0.391 e. The topological polar surface area (TPSA) is 23.5 Å². The molecule has 4 rings (SSSR count). The Balaban J connectivity index is 1.40. The van der Waals surface area contributed by atoms with E-state index in [0.29, 0.717) is 30.8 Å². The fourth-order valence-corrected chi connectivity index (χ4v) is 7.62. The third-order valence-electron chi connectivity index (χ3n) is 9.56. The molecule has 0 aromatic rings. The molecule has 0 spiro atoms. The van der Waals surface area contributed by atoms with Crippen molar-refractivity contribution < 1.29 is 18.3 Å². The average Bonchev–Trinajstić information content (AvgIpc) is 3.12. The number of piperidine rings is 1. The maximum absolute atomic E-state index is 13.0. The summed E-state index contributed by atoms with van der Waals surface area (Å²) in [6.45, 7) is 11.0. The summed E-state index contributed by atoms with van der Waals surface area (Å²) in [5.41, 5.74) is 3.95. The molecule has 1 N–H and O–H groups in total. The molecule has 3 saturated carbocycles. The molecule has 1 saturated heterocycles. The summed E-state index contributed by atoms with van der Waals surface area (Å²) < 4.78 is 39.1. The molecule has 1 heterocycles. The zero-order valence-corrected chi connectivity index (χ0v) is 20.5. The Labute approximate surface area is 198 Å². The van der Waals surface area contributed by atoms with Crippen molar-refractivity contribution in [2.45, 2.75) is 90.3 Å². The third kappa shape index (κ3) is 5.29. The van der Waals surface area contributed by atoms with Crippen LogP contribution in [0.1, 0.15) is 78.1 Å². The zero-order valence-electron chi connectivity index (χ0n) is 20.5. The Hall–Kier alpha value is -1.07. The molecule has 0 radical (unpaired) electrons. The van der Waals surface area contributed by atoms with Gasteiger partial charge < -0.3 is 10.0 Å². The van der Waals surface area contributed by atoms with E-state index in [1.165, 1.54) is 31.3 Å². The number of aliphatic hydroxyl groups excluding tert-OH is 1. The van der Waals surface area contributed by atoms with Crippen LogP contribution < -0.4 is 0 Å². The molecule has 1 aliphatic heterocycles. The first-order valence-electron chi connectivity index (χ1n) is 13.2. The van der Waals surface area contributed by atoms with Gasteiger partial charge in [-0.15, -0.1) is 0 Å². The van der Waals surface area contributed by atoms with Crippen molar-refractivity contribution in [1.29, 1.82) is 0 Å². The van der Waals surface area contributed by atoms with E-state index < -0.39 is 18.2 Å². The number of rotatable bonds is 4. The molecule has 0 bridgehead atoms. The highest BCUT2D eigenvalue weighted by Gasteiger charge is 2.51. The average molecular weight is 466 g/mol. The molecule has 4 aliphatic rings. The Morgan fingerprint density at radius 1 is 1.09 bits per heavy atom. The highest BCUT2D eigenvalue weighted by Crippen LogP contribution is 2.59. The molecule has 4 unspecified atom stereocenters. The van der Waals surface area contributed by atoms with Crippen LogP contribution in [0.3, 0.4) is 0 Å². The zero-order chi connectivity index (χ0) is 23.8. The van der Waals surface area contributed by atoms with Gasteiger partial charge in [0.25, 0.3) is 0 Å². The van der Waals surface area contributed by atoms with Crippen LogP contribution in [-0.2, 0) is 0 Å². The van der Waals surface area contributed by atoms with Gasteiger partial charge in [0.15, 0.2) is 0 Å². The van der Waals surface area contributed by atoms with Gasteiger partial charge in [0.05, 0.1) is 12.0 Å². The first-order valence-corrected chi connectivity index (χ1v) is 13.2. The monoisotopic (exact) mass is 465 g/mol. The van der Waals surface area contributed by atoms with Crippen LogP contribution in [0.25, 0.3) is 0 Å². The summed E-state index contributed by atoms with van der Waals surface area (Å²) in [7, 11) is 0. The molecule has 33 heavy (non-hydrogen) atoms. The van der Waals surface area contributed by atoms with Gasteiger partial charge in [-0.1, -0.05) is 38.2 Å². The van der Waals surface area contributed by atoms with Crippen LogP contribution in [0.4, 0.5) is 13.2 Å². The SMILES string of the molecule is C=C1/C(=C\C=C2/CCCC3(C)C2CCC3[C@@H](C)CN2CCC(C(F)(F)F)CC2)CCCC1O. The molecule has 0 aromatic carbocycles. The lowest BCUT2D eigenvalue weighted by Crippen LogP contribution is -2.44. The number of nitrogens with zero attached hydrogens (tertiary/aromatic N) is 1. The molecule has 5 heteroatoms. The molecule has 0 aromatic heterocycles. The number of allylic oxidation sites excluding steroid dienone is 3. The van der Waals surface area contributed by atoms with Gasteiger partial charge in [-0.3, -0.25) is 0 Å². The summed E-state index contributed by atoms with van der Waals surface area (Å²) in [6.07, 6.45) is 9.57. The van der Waals surface area contributed by atoms with Crippen LogP contribution in [0.2, 0.25) is 0 Å². The highest BCUT2D eigenvalue weighted by molar-refractivity contribution is 5.37. The first-order chi connectivity index (χ1) is 15.6. The van der Waals surface area contributed by atoms with Crippen molar-refractivity contribution in [3.63, 3.8) is 0 Å². The number of aliphatic hydroxyl groups is 1. The summed E-state index contributed by atoms with van der Waals surface area (Å²) in [5, 5.41) is 10.1. The second kappa shape index (κ2) is 9.89. The van der Waals surface area contributed by atoms with Crippen LogP contribution in [0.5, 0.6) is 0 Å². The Morgan fingerprint density at radius 2 is 1.82 bits per heavy atom. The maximum Gasteiger partial charge on any atom is 0.391 e. The molecular weight excluding hydrogens is 423 g/mol. The van der Waals surface area contributed by atoms with Crippen molar-refractivity contribution in [2.24, 2.45) is 29.1 Å². The molecule has 0 amide bonds. The van der Waals surface area contributed by atoms with Gasteiger partial charge >= 0.3 is 6.18 Å². The quantitative estimate of drug-likeness (QED) is 0.480. The lowest BCUT2D eigenvalue weighted by molar-refractivity contribution is -0.185. The van der Waals surface area contributed by atoms with E-state index in [1.807, 2.05) is 0 Å². The Kier molecular flexibility index (Phi) is 7.50. The number of fused-ring (bicyclic) bond motifs is 1. The second-order valence-electron chi connectivity index (χ2n) is 11.6. The molecule has 5 atom stereocenters. The molecule has 186 valence electrons. The summed E-state index contributed by atoms with van der Waals surface area (Å²) in [4.78, 5) is 2.29. The molecule has 3 aliphatic carbocycles. The minimum Gasteiger partial charge on any atom is -0.388 e.